The van der Waals surface area contributed by atoms with Gasteiger partial charge in [0.2, 0.25) is 0 Å². The first-order valence-corrected chi connectivity index (χ1v) is 10.8. The number of aryl methyl sites for hydroxylation is 1. The van der Waals surface area contributed by atoms with E-state index in [2.05, 4.69) is 10.6 Å². The third-order valence-corrected chi connectivity index (χ3v) is 5.90. The highest BCUT2D eigenvalue weighted by Gasteiger charge is 2.20. The maximum atomic E-state index is 12.5. The van der Waals surface area contributed by atoms with Gasteiger partial charge in [0, 0.05) is 23.7 Å². The summed E-state index contributed by atoms with van der Waals surface area (Å²) in [4.78, 5) is 48.2. The number of hydrogen-bond acceptors (Lipinski definition) is 6. The SMILES string of the molecule is Cc1csc(=O)n1CCC(=O)OCC(=O)Nc1ccccc1C(=O)NC1CCCC1. The summed E-state index contributed by atoms with van der Waals surface area (Å²) in [5, 5.41) is 7.35. The molecule has 1 saturated carbocycles. The Morgan fingerprint density at radius 3 is 2.63 bits per heavy atom. The predicted molar refractivity (Wildman–Crippen MR) is 114 cm³/mol. The van der Waals surface area contributed by atoms with E-state index in [1.54, 1.807) is 36.6 Å². The summed E-state index contributed by atoms with van der Waals surface area (Å²) in [7, 11) is 0. The normalized spacial score (nSPS) is 13.8. The molecule has 9 heteroatoms. The van der Waals surface area contributed by atoms with Crippen molar-refractivity contribution in [2.75, 3.05) is 11.9 Å². The van der Waals surface area contributed by atoms with Crippen LogP contribution in [0.25, 0.3) is 0 Å². The van der Waals surface area contributed by atoms with E-state index in [0.29, 0.717) is 11.3 Å². The molecule has 0 atom stereocenters. The first-order chi connectivity index (χ1) is 14.4. The average Bonchev–Trinajstić information content (AvgIpc) is 3.35. The van der Waals surface area contributed by atoms with Crippen molar-refractivity contribution in [3.63, 3.8) is 0 Å². The molecule has 30 heavy (non-hydrogen) atoms. The molecule has 1 heterocycles. The second-order valence-corrected chi connectivity index (χ2v) is 8.07. The van der Waals surface area contributed by atoms with E-state index in [0.717, 1.165) is 42.7 Å². The first kappa shape index (κ1) is 21.8. The standard InChI is InChI=1S/C21H25N3O5S/c1-14-13-30-21(28)24(14)11-10-19(26)29-12-18(25)23-17-9-5-4-8-16(17)20(27)22-15-6-2-3-7-15/h4-5,8-9,13,15H,2-3,6-7,10-12H2,1H3,(H,22,27)(H,23,25). The lowest BCUT2D eigenvalue weighted by Gasteiger charge is -2.15. The molecule has 0 radical (unpaired) electrons. The summed E-state index contributed by atoms with van der Waals surface area (Å²) in [6.07, 6.45) is 4.14. The van der Waals surface area contributed by atoms with Crippen molar-refractivity contribution in [3.8, 4) is 0 Å². The largest absolute Gasteiger partial charge is 0.456 e. The number of amides is 2. The number of ether oxygens (including phenoxy) is 1. The van der Waals surface area contributed by atoms with Gasteiger partial charge in [-0.25, -0.2) is 0 Å². The summed E-state index contributed by atoms with van der Waals surface area (Å²) in [6.45, 7) is 1.53. The van der Waals surface area contributed by atoms with Gasteiger partial charge in [-0.3, -0.25) is 19.2 Å². The van der Waals surface area contributed by atoms with E-state index in [1.165, 1.54) is 4.57 Å². The van der Waals surface area contributed by atoms with Gasteiger partial charge in [0.05, 0.1) is 17.7 Å². The third kappa shape index (κ3) is 5.79. The minimum absolute atomic E-state index is 0.00879. The highest BCUT2D eigenvalue weighted by atomic mass is 32.1. The smallest absolute Gasteiger partial charge is 0.308 e. The van der Waals surface area contributed by atoms with E-state index in [4.69, 9.17) is 4.74 Å². The van der Waals surface area contributed by atoms with Crippen LogP contribution in [0.5, 0.6) is 0 Å². The van der Waals surface area contributed by atoms with Gasteiger partial charge in [-0.15, -0.1) is 0 Å². The molecule has 0 spiro atoms. The molecule has 0 aliphatic heterocycles. The Labute approximate surface area is 178 Å². The number of thiazole rings is 1. The van der Waals surface area contributed by atoms with Crippen LogP contribution in [0.2, 0.25) is 0 Å². The van der Waals surface area contributed by atoms with Gasteiger partial charge >= 0.3 is 10.8 Å². The lowest BCUT2D eigenvalue weighted by atomic mass is 10.1. The number of carbonyl (C=O) groups excluding carboxylic acids is 3. The van der Waals surface area contributed by atoms with Crippen LogP contribution in [0.4, 0.5) is 5.69 Å². The maximum absolute atomic E-state index is 12.5. The zero-order chi connectivity index (χ0) is 21.5. The number of benzene rings is 1. The summed E-state index contributed by atoms with van der Waals surface area (Å²) in [6, 6.07) is 6.89. The Balaban J connectivity index is 1.49. The van der Waals surface area contributed by atoms with Gasteiger partial charge in [0.1, 0.15) is 0 Å². The van der Waals surface area contributed by atoms with Crippen molar-refractivity contribution in [1.82, 2.24) is 9.88 Å². The van der Waals surface area contributed by atoms with E-state index < -0.39 is 18.5 Å². The second-order valence-electron chi connectivity index (χ2n) is 7.25. The first-order valence-electron chi connectivity index (χ1n) is 9.94. The van der Waals surface area contributed by atoms with Crippen molar-refractivity contribution in [3.05, 3.63) is 50.6 Å². The minimum Gasteiger partial charge on any atom is -0.456 e. The van der Waals surface area contributed by atoms with E-state index in [9.17, 15) is 19.2 Å². The topological polar surface area (TPSA) is 106 Å². The van der Waals surface area contributed by atoms with Crippen LogP contribution >= 0.6 is 11.3 Å². The number of rotatable bonds is 8. The van der Waals surface area contributed by atoms with Crippen LogP contribution in [0.1, 0.15) is 48.2 Å². The summed E-state index contributed by atoms with van der Waals surface area (Å²) in [5.74, 6) is -1.34. The molecule has 2 N–H and O–H groups in total. The Kier molecular flexibility index (Phi) is 7.40. The summed E-state index contributed by atoms with van der Waals surface area (Å²) >= 11 is 1.07. The molecule has 2 aromatic rings. The Bertz CT molecular complexity index is 975. The van der Waals surface area contributed by atoms with E-state index in [1.807, 2.05) is 0 Å². The van der Waals surface area contributed by atoms with Gasteiger partial charge in [0.15, 0.2) is 6.61 Å². The fraction of sp³-hybridized carbons (Fsp3) is 0.429. The quantitative estimate of drug-likeness (QED) is 0.625. The molecule has 3 rings (SSSR count). The number of nitrogens with zero attached hydrogens (tertiary/aromatic N) is 1. The van der Waals surface area contributed by atoms with Crippen molar-refractivity contribution in [2.24, 2.45) is 0 Å². The molecule has 0 unspecified atom stereocenters. The highest BCUT2D eigenvalue weighted by molar-refractivity contribution is 7.07. The Morgan fingerprint density at radius 1 is 1.20 bits per heavy atom. The van der Waals surface area contributed by atoms with Crippen LogP contribution < -0.4 is 15.5 Å². The molecule has 1 aliphatic rings. The highest BCUT2D eigenvalue weighted by Crippen LogP contribution is 2.20. The van der Waals surface area contributed by atoms with Crippen molar-refractivity contribution < 1.29 is 19.1 Å². The average molecular weight is 432 g/mol. The second kappa shape index (κ2) is 10.2. The molecule has 8 nitrogen and oxygen atoms in total. The van der Waals surface area contributed by atoms with E-state index >= 15 is 0 Å². The van der Waals surface area contributed by atoms with Crippen LogP contribution in [0.3, 0.4) is 0 Å². The van der Waals surface area contributed by atoms with Gasteiger partial charge < -0.3 is 19.9 Å². The molecule has 1 aliphatic carbocycles. The molecule has 0 bridgehead atoms. The van der Waals surface area contributed by atoms with Crippen molar-refractivity contribution >= 4 is 34.8 Å². The molecule has 1 fully saturated rings. The zero-order valence-electron chi connectivity index (χ0n) is 16.8. The predicted octanol–water partition coefficient (Wildman–Crippen LogP) is 2.46. The fourth-order valence-electron chi connectivity index (χ4n) is 3.41. The molecule has 2 amide bonds. The zero-order valence-corrected chi connectivity index (χ0v) is 17.6. The molecule has 160 valence electrons. The molecular weight excluding hydrogens is 406 g/mol. The van der Waals surface area contributed by atoms with Gasteiger partial charge in [-0.05, 0) is 31.9 Å². The van der Waals surface area contributed by atoms with Crippen LogP contribution in [-0.2, 0) is 20.9 Å². The number of nitrogens with one attached hydrogen (secondary N) is 2. The lowest BCUT2D eigenvalue weighted by molar-refractivity contribution is -0.147. The van der Waals surface area contributed by atoms with E-state index in [-0.39, 0.29) is 29.8 Å². The van der Waals surface area contributed by atoms with Crippen molar-refractivity contribution in [1.29, 1.82) is 0 Å². The molecule has 1 aromatic carbocycles. The van der Waals surface area contributed by atoms with Gasteiger partial charge in [-0.1, -0.05) is 36.3 Å². The number of aromatic nitrogens is 1. The minimum atomic E-state index is -0.574. The Hall–Kier alpha value is -2.94. The monoisotopic (exact) mass is 431 g/mol. The van der Waals surface area contributed by atoms with Crippen LogP contribution in [0.15, 0.2) is 34.4 Å². The van der Waals surface area contributed by atoms with Gasteiger partial charge in [0.25, 0.3) is 11.8 Å². The lowest BCUT2D eigenvalue weighted by Crippen LogP contribution is -2.33. The van der Waals surface area contributed by atoms with Crippen LogP contribution in [-0.4, -0.2) is 35.0 Å². The van der Waals surface area contributed by atoms with Crippen LogP contribution in [0, 0.1) is 6.92 Å². The maximum Gasteiger partial charge on any atom is 0.308 e. The summed E-state index contributed by atoms with van der Waals surface area (Å²) in [5.41, 5.74) is 1.52. The number of para-hydroxylation sites is 1. The molecule has 1 aromatic heterocycles. The molecule has 0 saturated heterocycles. The number of hydrogen-bond donors (Lipinski definition) is 2. The fourth-order valence-corrected chi connectivity index (χ4v) is 4.17. The number of carbonyl (C=O) groups is 3. The molecular formula is C21H25N3O5S. The van der Waals surface area contributed by atoms with Crippen molar-refractivity contribution in [2.45, 2.75) is 51.6 Å². The number of esters is 1. The van der Waals surface area contributed by atoms with Gasteiger partial charge in [-0.2, -0.15) is 0 Å². The number of anilines is 1. The Morgan fingerprint density at radius 2 is 1.93 bits per heavy atom. The third-order valence-electron chi connectivity index (χ3n) is 5.02. The summed E-state index contributed by atoms with van der Waals surface area (Å²) < 4.78 is 6.49.